The number of hydrogen-bond acceptors (Lipinski definition) is 6. The number of carbonyl (C=O) groups excluding carboxylic acids is 2. The van der Waals surface area contributed by atoms with Crippen molar-refractivity contribution in [3.8, 4) is 0 Å². The number of hydrogen-bond donors (Lipinski definition) is 0. The van der Waals surface area contributed by atoms with Crippen LogP contribution in [0.25, 0.3) is 0 Å². The maximum atomic E-state index is 14.5. The predicted octanol–water partition coefficient (Wildman–Crippen LogP) is 4.85. The van der Waals surface area contributed by atoms with Crippen LogP contribution in [0.1, 0.15) is 27.1 Å². The molecule has 3 rings (SSSR count). The molecule has 2 saturated heterocycles. The summed E-state index contributed by atoms with van der Waals surface area (Å²) in [6, 6.07) is 3.89. The molecular formula is C26H25F17N4O6S2. The standard InChI is InChI=1S/C26H25F17N4O6S2/c27-5-4-17(28)20(29,30)21(31,32)25(40,41)54(50,51)46-10-6-44(7-11-46)18(48)15-2-1-3-16(14-15)19(49)45-8-12-47(13-9-45)55(52,53)26(42,43)23(35,36)22(33,34)24(37,38)39/h1-3,14,17H,4-13H2. The minimum Gasteiger partial charge on any atom is -0.336 e. The molecule has 0 aliphatic carbocycles. The van der Waals surface area contributed by atoms with Crippen LogP contribution in [-0.4, -0.2) is 153 Å². The maximum absolute atomic E-state index is 14.5. The molecule has 1 aromatic carbocycles. The molecule has 0 bridgehead atoms. The minimum absolute atomic E-state index is 0.387. The molecule has 2 fully saturated rings. The van der Waals surface area contributed by atoms with E-state index in [2.05, 4.69) is 0 Å². The monoisotopic (exact) mass is 876 g/mol. The van der Waals surface area contributed by atoms with Crippen molar-refractivity contribution in [3.63, 3.8) is 0 Å². The van der Waals surface area contributed by atoms with Gasteiger partial charge in [-0.05, 0) is 18.2 Å². The van der Waals surface area contributed by atoms with Gasteiger partial charge in [0.05, 0.1) is 6.67 Å². The first-order chi connectivity index (χ1) is 24.7. The Hall–Kier alpha value is -3.21. The van der Waals surface area contributed by atoms with Gasteiger partial charge in [-0.25, -0.2) is 21.2 Å². The number of sulfonamides is 2. The molecule has 0 aromatic heterocycles. The molecule has 1 atom stereocenters. The van der Waals surface area contributed by atoms with Crippen molar-refractivity contribution >= 4 is 31.9 Å². The van der Waals surface area contributed by atoms with E-state index in [0.717, 1.165) is 29.2 Å². The molecule has 29 heteroatoms. The van der Waals surface area contributed by atoms with Gasteiger partial charge in [0.15, 0.2) is 6.17 Å². The Morgan fingerprint density at radius 1 is 0.582 bits per heavy atom. The highest BCUT2D eigenvalue weighted by Gasteiger charge is 2.86. The Kier molecular flexibility index (Phi) is 12.5. The zero-order valence-electron chi connectivity index (χ0n) is 26.9. The van der Waals surface area contributed by atoms with E-state index < -0.39 is 159 Å². The lowest BCUT2D eigenvalue weighted by atomic mass is 10.0. The molecule has 2 heterocycles. The first kappa shape index (κ1) is 46.2. The second kappa shape index (κ2) is 14.9. The van der Waals surface area contributed by atoms with Gasteiger partial charge in [-0.3, -0.25) is 14.0 Å². The summed E-state index contributed by atoms with van der Waals surface area (Å²) in [5, 5.41) is -13.7. The van der Waals surface area contributed by atoms with Crippen molar-refractivity contribution in [2.75, 3.05) is 59.0 Å². The highest BCUT2D eigenvalue weighted by atomic mass is 32.2. The van der Waals surface area contributed by atoms with Crippen LogP contribution in [0.3, 0.4) is 0 Å². The zero-order chi connectivity index (χ0) is 42.6. The fraction of sp³-hybridized carbons (Fsp3) is 0.692. The average molecular weight is 877 g/mol. The molecule has 2 aliphatic heterocycles. The molecule has 10 nitrogen and oxygen atoms in total. The van der Waals surface area contributed by atoms with Gasteiger partial charge in [0.2, 0.25) is 0 Å². The summed E-state index contributed by atoms with van der Waals surface area (Å²) in [4.78, 5) is 27.5. The lowest BCUT2D eigenvalue weighted by Crippen LogP contribution is -2.66. The summed E-state index contributed by atoms with van der Waals surface area (Å²) in [5.41, 5.74) is -0.860. The van der Waals surface area contributed by atoms with Gasteiger partial charge in [-0.1, -0.05) is 6.07 Å². The number of benzene rings is 1. The molecule has 2 aliphatic rings. The zero-order valence-corrected chi connectivity index (χ0v) is 28.6. The van der Waals surface area contributed by atoms with Crippen LogP contribution < -0.4 is 0 Å². The molecule has 0 N–H and O–H groups in total. The van der Waals surface area contributed by atoms with Gasteiger partial charge in [0, 0.05) is 69.9 Å². The van der Waals surface area contributed by atoms with Crippen molar-refractivity contribution in [2.24, 2.45) is 0 Å². The predicted molar refractivity (Wildman–Crippen MR) is 150 cm³/mol. The normalized spacial score (nSPS) is 19.1. The van der Waals surface area contributed by atoms with Gasteiger partial charge >= 0.3 is 40.4 Å². The number of nitrogens with zero attached hydrogens (tertiary/aromatic N) is 4. The number of piperazine rings is 2. The summed E-state index contributed by atoms with van der Waals surface area (Å²) >= 11 is 0. The largest absolute Gasteiger partial charge is 0.460 e. The van der Waals surface area contributed by atoms with E-state index >= 15 is 0 Å². The Morgan fingerprint density at radius 3 is 1.25 bits per heavy atom. The first-order valence-electron chi connectivity index (χ1n) is 14.9. The molecule has 1 unspecified atom stereocenters. The van der Waals surface area contributed by atoms with Crippen LogP contribution in [0, 0.1) is 0 Å². The Balaban J connectivity index is 1.70. The van der Waals surface area contributed by atoms with E-state index in [9.17, 15) is 101 Å². The van der Waals surface area contributed by atoms with Gasteiger partial charge in [-0.15, -0.1) is 0 Å². The molecule has 0 saturated carbocycles. The van der Waals surface area contributed by atoms with E-state index in [0.29, 0.717) is 4.90 Å². The van der Waals surface area contributed by atoms with Gasteiger partial charge in [0.25, 0.3) is 31.9 Å². The van der Waals surface area contributed by atoms with Gasteiger partial charge in [0.1, 0.15) is 0 Å². The third kappa shape index (κ3) is 7.52. The van der Waals surface area contributed by atoms with Crippen LogP contribution in [-0.2, 0) is 20.0 Å². The van der Waals surface area contributed by atoms with E-state index in [-0.39, 0.29) is 4.31 Å². The van der Waals surface area contributed by atoms with Crippen LogP contribution in [0.15, 0.2) is 24.3 Å². The van der Waals surface area contributed by atoms with E-state index in [1.165, 1.54) is 0 Å². The van der Waals surface area contributed by atoms with Gasteiger partial charge < -0.3 is 9.80 Å². The van der Waals surface area contributed by atoms with Crippen LogP contribution >= 0.6 is 0 Å². The molecule has 1 aromatic rings. The smallest absolute Gasteiger partial charge is 0.336 e. The van der Waals surface area contributed by atoms with E-state index in [1.807, 2.05) is 0 Å². The number of amides is 2. The fourth-order valence-electron chi connectivity index (χ4n) is 5.09. The average Bonchev–Trinajstić information content (AvgIpc) is 3.10. The van der Waals surface area contributed by atoms with E-state index in [1.54, 1.807) is 0 Å². The number of alkyl halides is 17. The highest BCUT2D eigenvalue weighted by Crippen LogP contribution is 2.55. The summed E-state index contributed by atoms with van der Waals surface area (Å²) in [5.74, 6) is -30.4. The second-order valence-corrected chi connectivity index (χ2v) is 15.8. The summed E-state index contributed by atoms with van der Waals surface area (Å²) in [6.45, 7) is -10.7. The van der Waals surface area contributed by atoms with Crippen LogP contribution in [0.4, 0.5) is 74.6 Å². The topological polar surface area (TPSA) is 115 Å². The number of halogens is 17. The third-order valence-corrected chi connectivity index (χ3v) is 12.3. The molecular weight excluding hydrogens is 851 g/mol. The Labute approximate surface area is 298 Å². The lowest BCUT2D eigenvalue weighted by molar-refractivity contribution is -0.382. The van der Waals surface area contributed by atoms with Crippen molar-refractivity contribution in [1.29, 1.82) is 0 Å². The molecule has 316 valence electrons. The molecule has 2 amide bonds. The number of rotatable bonds is 13. The third-order valence-electron chi connectivity index (χ3n) is 8.39. The quantitative estimate of drug-likeness (QED) is 0.262. The van der Waals surface area contributed by atoms with E-state index in [4.69, 9.17) is 0 Å². The summed E-state index contributed by atoms with van der Waals surface area (Å²) < 4.78 is 279. The SMILES string of the molecule is O=C(c1cccc(C(=O)N2CCN(S(=O)(=O)C(F)(F)C(F)(F)C(F)(F)C(F)(F)F)CC2)c1)N1CCN(S(=O)(=O)C(F)(F)C(F)(F)C(F)(F)C(F)CCF)CC1. The minimum atomic E-state index is -7.51. The van der Waals surface area contributed by atoms with Crippen LogP contribution in [0.5, 0.6) is 0 Å². The number of carbonyl (C=O) groups is 2. The molecule has 0 radical (unpaired) electrons. The van der Waals surface area contributed by atoms with Crippen molar-refractivity contribution in [2.45, 2.75) is 53.0 Å². The fourth-order valence-corrected chi connectivity index (χ4v) is 7.94. The Bertz CT molecular complexity index is 1810. The van der Waals surface area contributed by atoms with Crippen molar-refractivity contribution < 1.29 is 101 Å². The van der Waals surface area contributed by atoms with Crippen molar-refractivity contribution in [3.05, 3.63) is 35.4 Å². The van der Waals surface area contributed by atoms with Crippen molar-refractivity contribution in [1.82, 2.24) is 18.4 Å². The summed E-state index contributed by atoms with van der Waals surface area (Å²) in [6.07, 6.45) is -13.5. The first-order valence-corrected chi connectivity index (χ1v) is 17.8. The van der Waals surface area contributed by atoms with Crippen LogP contribution in [0.2, 0.25) is 0 Å². The summed E-state index contributed by atoms with van der Waals surface area (Å²) in [7, 11) is -13.7. The van der Waals surface area contributed by atoms with Gasteiger partial charge in [-0.2, -0.15) is 74.5 Å². The second-order valence-electron chi connectivity index (χ2n) is 11.8. The highest BCUT2D eigenvalue weighted by molar-refractivity contribution is 7.90. The molecule has 0 spiro atoms. The molecule has 55 heavy (non-hydrogen) atoms. The Morgan fingerprint density at radius 2 is 0.927 bits per heavy atom. The lowest BCUT2D eigenvalue weighted by Gasteiger charge is -2.39. The maximum Gasteiger partial charge on any atom is 0.460 e.